The van der Waals surface area contributed by atoms with Crippen LogP contribution in [0, 0.1) is 0 Å². The Morgan fingerprint density at radius 2 is 1.80 bits per heavy atom. The Kier molecular flexibility index (Phi) is 7.19. The summed E-state index contributed by atoms with van der Waals surface area (Å²) in [5.74, 6) is 0.874. The summed E-state index contributed by atoms with van der Waals surface area (Å²) in [6.45, 7) is -2.33. The minimum atomic E-state index is -2.82. The Hall–Kier alpha value is -2.63. The summed E-state index contributed by atoms with van der Waals surface area (Å²) in [7, 11) is 1.61. The number of ether oxygens (including phenoxy) is 2. The van der Waals surface area contributed by atoms with Gasteiger partial charge in [-0.3, -0.25) is 4.79 Å². The third-order valence-electron chi connectivity index (χ3n) is 3.66. The lowest BCUT2D eigenvalue weighted by atomic mass is 10.1. The molecule has 0 aliphatic heterocycles. The highest BCUT2D eigenvalue weighted by Gasteiger charge is 2.05. The fraction of sp³-hybridized carbons (Fsp3) is 0.316. The molecule has 0 aromatic heterocycles. The first-order chi connectivity index (χ1) is 12.1. The van der Waals surface area contributed by atoms with Gasteiger partial charge in [0.15, 0.2) is 0 Å². The van der Waals surface area contributed by atoms with Crippen molar-refractivity contribution in [3.63, 3.8) is 0 Å². The van der Waals surface area contributed by atoms with Gasteiger partial charge in [0.05, 0.1) is 7.11 Å². The highest BCUT2D eigenvalue weighted by atomic mass is 19.3. The van der Waals surface area contributed by atoms with Crippen LogP contribution in [0.5, 0.6) is 11.5 Å². The molecule has 0 fully saturated rings. The zero-order valence-corrected chi connectivity index (χ0v) is 14.0. The molecule has 0 heterocycles. The first-order valence-corrected chi connectivity index (χ1v) is 8.00. The van der Waals surface area contributed by atoms with Crippen molar-refractivity contribution in [2.24, 2.45) is 0 Å². The van der Waals surface area contributed by atoms with Crippen LogP contribution in [0.2, 0.25) is 0 Å². The van der Waals surface area contributed by atoms with Crippen LogP contribution < -0.4 is 14.8 Å². The fourth-order valence-corrected chi connectivity index (χ4v) is 2.36. The van der Waals surface area contributed by atoms with Gasteiger partial charge in [-0.2, -0.15) is 8.78 Å². The van der Waals surface area contributed by atoms with E-state index >= 15 is 0 Å². The van der Waals surface area contributed by atoms with E-state index in [9.17, 15) is 13.6 Å². The average molecular weight is 349 g/mol. The summed E-state index contributed by atoms with van der Waals surface area (Å²) < 4.78 is 33.6. The Bertz CT molecular complexity index is 675. The molecule has 2 rings (SSSR count). The van der Waals surface area contributed by atoms with Crippen LogP contribution in [0.4, 0.5) is 8.78 Å². The molecule has 1 amide bonds. The molecule has 2 aromatic rings. The van der Waals surface area contributed by atoms with Crippen molar-refractivity contribution in [1.29, 1.82) is 0 Å². The molecule has 0 unspecified atom stereocenters. The lowest BCUT2D eigenvalue weighted by Crippen LogP contribution is -2.25. The van der Waals surface area contributed by atoms with E-state index in [1.807, 2.05) is 24.3 Å². The number of aryl methyl sites for hydroxylation is 1. The summed E-state index contributed by atoms with van der Waals surface area (Å²) in [6, 6.07) is 14.0. The van der Waals surface area contributed by atoms with Crippen LogP contribution in [0.15, 0.2) is 48.5 Å². The van der Waals surface area contributed by atoms with Gasteiger partial charge in [0.25, 0.3) is 0 Å². The molecule has 0 atom stereocenters. The van der Waals surface area contributed by atoms with Crippen LogP contribution in [-0.4, -0.2) is 26.2 Å². The molecule has 0 bridgehead atoms. The van der Waals surface area contributed by atoms with Gasteiger partial charge in [0.2, 0.25) is 5.91 Å². The van der Waals surface area contributed by atoms with Gasteiger partial charge < -0.3 is 14.8 Å². The summed E-state index contributed by atoms with van der Waals surface area (Å²) in [5.41, 5.74) is 1.99. The normalized spacial score (nSPS) is 10.6. The number of hydrogen-bond donors (Lipinski definition) is 1. The van der Waals surface area contributed by atoms with Crippen molar-refractivity contribution < 1.29 is 23.0 Å². The molecule has 0 spiro atoms. The molecular formula is C19H21F2NO3. The maximum atomic E-state index is 12.1. The Balaban J connectivity index is 1.69. The number of carbonyl (C=O) groups excluding carboxylic acids is 1. The van der Waals surface area contributed by atoms with Crippen molar-refractivity contribution in [3.05, 3.63) is 59.7 Å². The first kappa shape index (κ1) is 18.7. The maximum absolute atomic E-state index is 12.1. The van der Waals surface area contributed by atoms with Gasteiger partial charge in [0.1, 0.15) is 11.5 Å². The summed E-state index contributed by atoms with van der Waals surface area (Å²) in [6.07, 6.45) is 1.66. The van der Waals surface area contributed by atoms with Gasteiger partial charge in [-0.05, 0) is 48.2 Å². The highest BCUT2D eigenvalue weighted by Crippen LogP contribution is 2.15. The van der Waals surface area contributed by atoms with E-state index < -0.39 is 6.61 Å². The van der Waals surface area contributed by atoms with E-state index in [-0.39, 0.29) is 11.7 Å². The van der Waals surface area contributed by atoms with Crippen molar-refractivity contribution >= 4 is 5.91 Å². The largest absolute Gasteiger partial charge is 0.497 e. The number of rotatable bonds is 9. The van der Waals surface area contributed by atoms with Crippen LogP contribution in [0.25, 0.3) is 0 Å². The second-order valence-electron chi connectivity index (χ2n) is 5.47. The molecule has 0 radical (unpaired) electrons. The van der Waals surface area contributed by atoms with Crippen LogP contribution in [0.3, 0.4) is 0 Å². The van der Waals surface area contributed by atoms with Crippen molar-refractivity contribution in [2.45, 2.75) is 25.9 Å². The lowest BCUT2D eigenvalue weighted by Gasteiger charge is -2.08. The van der Waals surface area contributed by atoms with Crippen molar-refractivity contribution in [1.82, 2.24) is 5.32 Å². The topological polar surface area (TPSA) is 47.6 Å². The molecule has 6 heteroatoms. The van der Waals surface area contributed by atoms with Crippen molar-refractivity contribution in [2.75, 3.05) is 13.7 Å². The van der Waals surface area contributed by atoms with E-state index in [0.717, 1.165) is 16.9 Å². The van der Waals surface area contributed by atoms with E-state index in [1.54, 1.807) is 19.2 Å². The Morgan fingerprint density at radius 1 is 1.04 bits per heavy atom. The first-order valence-electron chi connectivity index (χ1n) is 8.00. The monoisotopic (exact) mass is 349 g/mol. The standard InChI is InChI=1S/C19H21F2NO3/c1-24-17-4-2-3-15(13-17)7-10-18(23)22-12-11-14-5-8-16(9-6-14)25-19(20)21/h2-6,8-9,13,19H,7,10-12H2,1H3,(H,22,23). The van der Waals surface area contributed by atoms with Gasteiger partial charge >= 0.3 is 6.61 Å². The van der Waals surface area contributed by atoms with E-state index in [0.29, 0.717) is 25.8 Å². The lowest BCUT2D eigenvalue weighted by molar-refractivity contribution is -0.121. The number of halogens is 2. The number of amides is 1. The second-order valence-corrected chi connectivity index (χ2v) is 5.47. The molecule has 134 valence electrons. The quantitative estimate of drug-likeness (QED) is 0.753. The number of hydrogen-bond acceptors (Lipinski definition) is 3. The minimum absolute atomic E-state index is 0.0273. The van der Waals surface area contributed by atoms with E-state index in [2.05, 4.69) is 10.1 Å². The fourth-order valence-electron chi connectivity index (χ4n) is 2.36. The summed E-state index contributed by atoms with van der Waals surface area (Å²) in [4.78, 5) is 11.9. The number of benzene rings is 2. The molecule has 0 aliphatic carbocycles. The zero-order chi connectivity index (χ0) is 18.1. The molecule has 0 aliphatic rings. The van der Waals surface area contributed by atoms with E-state index in [4.69, 9.17) is 4.74 Å². The Labute approximate surface area is 145 Å². The number of carbonyl (C=O) groups is 1. The zero-order valence-electron chi connectivity index (χ0n) is 14.0. The molecule has 4 nitrogen and oxygen atoms in total. The highest BCUT2D eigenvalue weighted by molar-refractivity contribution is 5.76. The van der Waals surface area contributed by atoms with Crippen molar-refractivity contribution in [3.8, 4) is 11.5 Å². The Morgan fingerprint density at radius 3 is 2.48 bits per heavy atom. The van der Waals surface area contributed by atoms with Crippen LogP contribution >= 0.6 is 0 Å². The number of alkyl halides is 2. The van der Waals surface area contributed by atoms with Crippen LogP contribution in [0.1, 0.15) is 17.5 Å². The summed E-state index contributed by atoms with van der Waals surface area (Å²) in [5, 5.41) is 2.86. The van der Waals surface area contributed by atoms with Gasteiger partial charge in [0, 0.05) is 13.0 Å². The number of nitrogens with one attached hydrogen (secondary N) is 1. The van der Waals surface area contributed by atoms with Gasteiger partial charge in [-0.1, -0.05) is 24.3 Å². The van der Waals surface area contributed by atoms with Gasteiger partial charge in [-0.15, -0.1) is 0 Å². The predicted molar refractivity (Wildman–Crippen MR) is 91.1 cm³/mol. The molecule has 0 saturated heterocycles. The third-order valence-corrected chi connectivity index (χ3v) is 3.66. The smallest absolute Gasteiger partial charge is 0.387 e. The molecule has 25 heavy (non-hydrogen) atoms. The molecular weight excluding hydrogens is 328 g/mol. The summed E-state index contributed by atoms with van der Waals surface area (Å²) >= 11 is 0. The van der Waals surface area contributed by atoms with Crippen LogP contribution in [-0.2, 0) is 17.6 Å². The SMILES string of the molecule is COc1cccc(CCC(=O)NCCc2ccc(OC(F)F)cc2)c1. The second kappa shape index (κ2) is 9.61. The molecule has 2 aromatic carbocycles. The van der Waals surface area contributed by atoms with E-state index in [1.165, 1.54) is 12.1 Å². The molecule has 0 saturated carbocycles. The third kappa shape index (κ3) is 6.79. The predicted octanol–water partition coefficient (Wildman–Crippen LogP) is 3.59. The number of methoxy groups -OCH3 is 1. The van der Waals surface area contributed by atoms with Gasteiger partial charge in [-0.25, -0.2) is 0 Å². The maximum Gasteiger partial charge on any atom is 0.387 e. The average Bonchev–Trinajstić information content (AvgIpc) is 2.61. The molecule has 1 N–H and O–H groups in total. The minimum Gasteiger partial charge on any atom is -0.497 e.